The van der Waals surface area contributed by atoms with E-state index in [0.29, 0.717) is 17.1 Å². The Morgan fingerprint density at radius 3 is 2.30 bits per heavy atom. The molecule has 0 aliphatic carbocycles. The van der Waals surface area contributed by atoms with Crippen LogP contribution in [0, 0.1) is 10.1 Å². The summed E-state index contributed by atoms with van der Waals surface area (Å²) in [7, 11) is 1.49. The number of nitro benzene ring substituents is 1. The van der Waals surface area contributed by atoms with Gasteiger partial charge < -0.3 is 20.5 Å². The van der Waals surface area contributed by atoms with Gasteiger partial charge in [0.15, 0.2) is 0 Å². The second-order valence-corrected chi connectivity index (χ2v) is 7.72. The largest absolute Gasteiger partial charge is 0.497 e. The van der Waals surface area contributed by atoms with Crippen LogP contribution in [0.25, 0.3) is 6.08 Å². The molecular formula is C22H23N3O7S. The number of ether oxygens (including phenoxy) is 1. The highest BCUT2D eigenvalue weighted by atomic mass is 32.2. The van der Waals surface area contributed by atoms with Gasteiger partial charge in [0, 0.05) is 17.7 Å². The summed E-state index contributed by atoms with van der Waals surface area (Å²) >= 11 is 1.44. The van der Waals surface area contributed by atoms with Crippen molar-refractivity contribution in [1.82, 2.24) is 10.6 Å². The van der Waals surface area contributed by atoms with Gasteiger partial charge in [-0.3, -0.25) is 19.7 Å². The number of amides is 2. The Morgan fingerprint density at radius 1 is 1.15 bits per heavy atom. The number of non-ortho nitro benzene ring substituents is 1. The van der Waals surface area contributed by atoms with E-state index in [0.717, 1.165) is 0 Å². The number of hydrogen-bond donors (Lipinski definition) is 3. The first-order valence-electron chi connectivity index (χ1n) is 9.69. The monoisotopic (exact) mass is 473 g/mol. The summed E-state index contributed by atoms with van der Waals surface area (Å²) in [4.78, 5) is 47.4. The summed E-state index contributed by atoms with van der Waals surface area (Å²) in [6.07, 6.45) is 3.32. The zero-order chi connectivity index (χ0) is 24.4. The van der Waals surface area contributed by atoms with E-state index in [9.17, 15) is 29.6 Å². The van der Waals surface area contributed by atoms with Gasteiger partial charge in [-0.15, -0.1) is 0 Å². The molecule has 0 saturated carbocycles. The van der Waals surface area contributed by atoms with Crippen LogP contribution < -0.4 is 15.4 Å². The predicted octanol–water partition coefficient (Wildman–Crippen LogP) is 2.70. The first-order valence-corrected chi connectivity index (χ1v) is 11.1. The van der Waals surface area contributed by atoms with Gasteiger partial charge in [0.05, 0.1) is 12.0 Å². The number of methoxy groups -OCH3 is 1. The number of carbonyl (C=O) groups excluding carboxylic acids is 2. The third kappa shape index (κ3) is 7.65. The Bertz CT molecular complexity index is 1040. The van der Waals surface area contributed by atoms with Gasteiger partial charge in [-0.2, -0.15) is 11.8 Å². The molecule has 2 amide bonds. The molecule has 0 fully saturated rings. The molecular weight excluding hydrogens is 450 g/mol. The lowest BCUT2D eigenvalue weighted by Crippen LogP contribution is -2.44. The molecule has 0 bridgehead atoms. The molecule has 1 atom stereocenters. The van der Waals surface area contributed by atoms with Crippen LogP contribution in [0.4, 0.5) is 5.69 Å². The normalized spacial score (nSPS) is 11.9. The number of hydrogen-bond acceptors (Lipinski definition) is 7. The smallest absolute Gasteiger partial charge is 0.326 e. The lowest BCUT2D eigenvalue weighted by Gasteiger charge is -2.16. The molecule has 0 aromatic heterocycles. The van der Waals surface area contributed by atoms with E-state index in [1.807, 2.05) is 6.26 Å². The van der Waals surface area contributed by atoms with E-state index in [-0.39, 0.29) is 23.4 Å². The van der Waals surface area contributed by atoms with Crippen LogP contribution in [0.1, 0.15) is 22.3 Å². The molecule has 0 saturated heterocycles. The molecule has 2 aromatic rings. The molecule has 2 aromatic carbocycles. The average molecular weight is 474 g/mol. The second kappa shape index (κ2) is 12.2. The molecule has 1 unspecified atom stereocenters. The van der Waals surface area contributed by atoms with Crippen LogP contribution in [0.2, 0.25) is 0 Å². The van der Waals surface area contributed by atoms with E-state index in [4.69, 9.17) is 4.74 Å². The molecule has 0 aliphatic rings. The fraction of sp³-hybridized carbons (Fsp3) is 0.227. The summed E-state index contributed by atoms with van der Waals surface area (Å²) in [5, 5.41) is 25.2. The SMILES string of the molecule is COc1ccc(C(=O)N/C(=C\c2ccc([N+](=O)[O-])cc2)C(=O)NC(CCSC)C(=O)O)cc1. The van der Waals surface area contributed by atoms with Gasteiger partial charge in [-0.1, -0.05) is 0 Å². The maximum absolute atomic E-state index is 12.9. The number of carbonyl (C=O) groups is 3. The van der Waals surface area contributed by atoms with Gasteiger partial charge in [-0.05, 0) is 66.5 Å². The zero-order valence-electron chi connectivity index (χ0n) is 17.9. The topological polar surface area (TPSA) is 148 Å². The highest BCUT2D eigenvalue weighted by molar-refractivity contribution is 7.98. The molecule has 3 N–H and O–H groups in total. The summed E-state index contributed by atoms with van der Waals surface area (Å²) in [5.74, 6) is -1.55. The summed E-state index contributed by atoms with van der Waals surface area (Å²) in [6.45, 7) is 0. The van der Waals surface area contributed by atoms with Gasteiger partial charge >= 0.3 is 5.97 Å². The highest BCUT2D eigenvalue weighted by Gasteiger charge is 2.23. The van der Waals surface area contributed by atoms with Crippen LogP contribution >= 0.6 is 11.8 Å². The molecule has 0 spiro atoms. The van der Waals surface area contributed by atoms with Crippen LogP contribution in [0.3, 0.4) is 0 Å². The maximum atomic E-state index is 12.9. The molecule has 0 radical (unpaired) electrons. The molecule has 10 nitrogen and oxygen atoms in total. The van der Waals surface area contributed by atoms with Gasteiger partial charge in [0.2, 0.25) is 0 Å². The van der Waals surface area contributed by atoms with Gasteiger partial charge in [0.1, 0.15) is 17.5 Å². The fourth-order valence-electron chi connectivity index (χ4n) is 2.68. The highest BCUT2D eigenvalue weighted by Crippen LogP contribution is 2.15. The van der Waals surface area contributed by atoms with Crippen LogP contribution in [0.5, 0.6) is 5.75 Å². The Kier molecular flexibility index (Phi) is 9.43. The van der Waals surface area contributed by atoms with Crippen molar-refractivity contribution in [2.24, 2.45) is 0 Å². The van der Waals surface area contributed by atoms with Crippen LogP contribution in [-0.2, 0) is 9.59 Å². The molecule has 11 heteroatoms. The third-order valence-electron chi connectivity index (χ3n) is 4.47. The van der Waals surface area contributed by atoms with E-state index in [1.165, 1.54) is 61.3 Å². The molecule has 2 rings (SSSR count). The summed E-state index contributed by atoms with van der Waals surface area (Å²) in [5.41, 5.74) is 0.302. The quantitative estimate of drug-likeness (QED) is 0.256. The van der Waals surface area contributed by atoms with Gasteiger partial charge in [0.25, 0.3) is 17.5 Å². The minimum atomic E-state index is -1.20. The van der Waals surface area contributed by atoms with Crippen molar-refractivity contribution in [3.8, 4) is 5.75 Å². The number of aliphatic carboxylic acids is 1. The Morgan fingerprint density at radius 2 is 1.79 bits per heavy atom. The first-order chi connectivity index (χ1) is 15.7. The number of carboxylic acids is 1. The van der Waals surface area contributed by atoms with Crippen LogP contribution in [0.15, 0.2) is 54.2 Å². The Hall–Kier alpha value is -3.86. The maximum Gasteiger partial charge on any atom is 0.326 e. The van der Waals surface area contributed by atoms with E-state index in [1.54, 1.807) is 12.1 Å². The minimum absolute atomic E-state index is 0.136. The van der Waals surface area contributed by atoms with E-state index >= 15 is 0 Å². The van der Waals surface area contributed by atoms with Crippen molar-refractivity contribution in [2.75, 3.05) is 19.1 Å². The van der Waals surface area contributed by atoms with Crippen molar-refractivity contribution < 1.29 is 29.2 Å². The first kappa shape index (κ1) is 25.4. The zero-order valence-corrected chi connectivity index (χ0v) is 18.8. The molecule has 174 valence electrons. The Balaban J connectivity index is 2.32. The number of rotatable bonds is 11. The number of nitro groups is 1. The lowest BCUT2D eigenvalue weighted by atomic mass is 10.1. The predicted molar refractivity (Wildman–Crippen MR) is 124 cm³/mol. The summed E-state index contributed by atoms with van der Waals surface area (Å²) < 4.78 is 5.06. The van der Waals surface area contributed by atoms with Crippen molar-refractivity contribution in [3.63, 3.8) is 0 Å². The van der Waals surface area contributed by atoms with Crippen LogP contribution in [-0.4, -0.2) is 53.0 Å². The number of nitrogens with zero attached hydrogens (tertiary/aromatic N) is 1. The van der Waals surface area contributed by atoms with Gasteiger partial charge in [-0.25, -0.2) is 4.79 Å². The third-order valence-corrected chi connectivity index (χ3v) is 5.12. The molecule has 0 aliphatic heterocycles. The van der Waals surface area contributed by atoms with Crippen molar-refractivity contribution in [3.05, 3.63) is 75.5 Å². The fourth-order valence-corrected chi connectivity index (χ4v) is 3.15. The standard InChI is InChI=1S/C22H23N3O7S/c1-32-17-9-5-15(6-10-17)20(26)24-19(13-14-3-7-16(8-4-14)25(30)31)21(27)23-18(22(28)29)11-12-33-2/h3-10,13,18H,11-12H2,1-2H3,(H,23,27)(H,24,26)(H,28,29)/b19-13-. The number of benzene rings is 2. The number of carboxylic acid groups (broad SMARTS) is 1. The summed E-state index contributed by atoms with van der Waals surface area (Å²) in [6, 6.07) is 10.4. The molecule has 33 heavy (non-hydrogen) atoms. The van der Waals surface area contributed by atoms with E-state index < -0.39 is 28.7 Å². The van der Waals surface area contributed by atoms with Crippen molar-refractivity contribution in [2.45, 2.75) is 12.5 Å². The average Bonchev–Trinajstić information content (AvgIpc) is 2.81. The van der Waals surface area contributed by atoms with E-state index in [2.05, 4.69) is 10.6 Å². The lowest BCUT2D eigenvalue weighted by molar-refractivity contribution is -0.384. The number of thioether (sulfide) groups is 1. The minimum Gasteiger partial charge on any atom is -0.497 e. The number of nitrogens with one attached hydrogen (secondary N) is 2. The van der Waals surface area contributed by atoms with Crippen molar-refractivity contribution in [1.29, 1.82) is 0 Å². The van der Waals surface area contributed by atoms with Crippen molar-refractivity contribution >= 4 is 41.3 Å². The second-order valence-electron chi connectivity index (χ2n) is 6.74. The Labute approximate surface area is 194 Å². The molecule has 0 heterocycles.